The smallest absolute Gasteiger partial charge is 0.269 e. The van der Waals surface area contributed by atoms with Crippen LogP contribution in [0.5, 0.6) is 0 Å². The normalized spacial score (nSPS) is 10.8. The van der Waals surface area contributed by atoms with E-state index < -0.39 is 63.8 Å². The van der Waals surface area contributed by atoms with Gasteiger partial charge in [0.1, 0.15) is 44.9 Å². The Labute approximate surface area is 244 Å². The van der Waals surface area contributed by atoms with Crippen molar-refractivity contribution in [3.8, 4) is 22.5 Å². The van der Waals surface area contributed by atoms with Crippen LogP contribution in [0.4, 0.5) is 26.3 Å². The second-order valence-electron chi connectivity index (χ2n) is 8.53. The Balaban J connectivity index is 0.000000230. The van der Waals surface area contributed by atoms with E-state index >= 15 is 0 Å². The summed E-state index contributed by atoms with van der Waals surface area (Å²) >= 11 is 11.4. The van der Waals surface area contributed by atoms with Crippen molar-refractivity contribution in [1.82, 2.24) is 9.13 Å². The Bertz CT molecular complexity index is 1760. The highest BCUT2D eigenvalue weighted by Gasteiger charge is 2.23. The van der Waals surface area contributed by atoms with Gasteiger partial charge in [0.05, 0.1) is 29.1 Å². The molecule has 0 spiro atoms. The molecule has 0 fully saturated rings. The zero-order chi connectivity index (χ0) is 31.5. The van der Waals surface area contributed by atoms with Crippen LogP contribution >= 0.6 is 23.2 Å². The van der Waals surface area contributed by atoms with Crippen LogP contribution in [-0.2, 0) is 19.7 Å². The molecule has 1 N–H and O–H groups in total. The van der Waals surface area contributed by atoms with Crippen molar-refractivity contribution in [3.63, 3.8) is 0 Å². The number of aromatic nitrogens is 2. The number of aliphatic hydroxyl groups is 1. The first kappa shape index (κ1) is 32.6. The number of halogens is 8. The monoisotopic (exact) mass is 632 g/mol. The van der Waals surface area contributed by atoms with Crippen LogP contribution in [0.1, 0.15) is 29.8 Å². The molecule has 0 bridgehead atoms. The van der Waals surface area contributed by atoms with Crippen molar-refractivity contribution < 1.29 is 36.2 Å². The van der Waals surface area contributed by atoms with Gasteiger partial charge < -0.3 is 14.2 Å². The molecule has 4 rings (SSSR count). The molecule has 222 valence electrons. The van der Waals surface area contributed by atoms with E-state index in [2.05, 4.69) is 0 Å². The number of pyridine rings is 2. The summed E-state index contributed by atoms with van der Waals surface area (Å²) in [5.41, 5.74) is -3.06. The minimum Gasteiger partial charge on any atom is -0.392 e. The number of carbonyl (C=O) groups excluding carboxylic acids is 1. The molecule has 0 aliphatic rings. The van der Waals surface area contributed by atoms with E-state index in [9.17, 15) is 45.8 Å². The molecule has 0 saturated heterocycles. The molecule has 2 aromatic carbocycles. The Morgan fingerprint density at radius 1 is 0.690 bits per heavy atom. The van der Waals surface area contributed by atoms with Gasteiger partial charge in [-0.2, -0.15) is 0 Å². The fourth-order valence-corrected chi connectivity index (χ4v) is 4.72. The molecule has 0 amide bonds. The number of aliphatic hydroxyl groups excluding tert-OH is 1. The maximum atomic E-state index is 14.0. The number of benzene rings is 2. The fourth-order valence-electron chi connectivity index (χ4n) is 4.27. The Morgan fingerprint density at radius 2 is 1.07 bits per heavy atom. The summed E-state index contributed by atoms with van der Waals surface area (Å²) in [6.07, 6.45) is 0.328. The lowest BCUT2D eigenvalue weighted by Gasteiger charge is -2.17. The Morgan fingerprint density at radius 3 is 1.45 bits per heavy atom. The Hall–Kier alpha value is -3.87. The maximum absolute atomic E-state index is 14.0. The summed E-state index contributed by atoms with van der Waals surface area (Å²) in [7, 11) is 0. The molecule has 0 saturated carbocycles. The first-order valence-corrected chi connectivity index (χ1v) is 12.8. The highest BCUT2D eigenvalue weighted by Crippen LogP contribution is 2.31. The summed E-state index contributed by atoms with van der Waals surface area (Å²) in [5, 5.41) is 8.94. The second-order valence-corrected chi connectivity index (χ2v) is 9.34. The number of hydrogen-bond donors (Lipinski definition) is 1. The third-order valence-electron chi connectivity index (χ3n) is 6.02. The average Bonchev–Trinajstić information content (AvgIpc) is 2.91. The van der Waals surface area contributed by atoms with Gasteiger partial charge in [-0.15, -0.1) is 0 Å². The lowest BCUT2D eigenvalue weighted by atomic mass is 10.0. The van der Waals surface area contributed by atoms with Gasteiger partial charge in [0.15, 0.2) is 6.29 Å². The third kappa shape index (κ3) is 6.30. The highest BCUT2D eigenvalue weighted by molar-refractivity contribution is 6.31. The summed E-state index contributed by atoms with van der Waals surface area (Å²) in [4.78, 5) is 35.1. The van der Waals surface area contributed by atoms with Gasteiger partial charge in [0, 0.05) is 48.5 Å². The topological polar surface area (TPSA) is 81.3 Å². The summed E-state index contributed by atoms with van der Waals surface area (Å²) in [5.74, 6) is -6.91. The van der Waals surface area contributed by atoms with Crippen molar-refractivity contribution >= 4 is 29.5 Å². The molecule has 0 radical (unpaired) electrons. The average molecular weight is 633 g/mol. The van der Waals surface area contributed by atoms with E-state index in [1.807, 2.05) is 0 Å². The number of nitrogens with zero attached hydrogens (tertiary/aromatic N) is 2. The summed E-state index contributed by atoms with van der Waals surface area (Å²) < 4.78 is 83.7. The van der Waals surface area contributed by atoms with Crippen molar-refractivity contribution in [2.75, 3.05) is 0 Å². The molecular weight excluding hydrogens is 613 g/mol. The highest BCUT2D eigenvalue weighted by atomic mass is 35.5. The number of aldehydes is 1. The van der Waals surface area contributed by atoms with Crippen molar-refractivity contribution in [2.24, 2.45) is 0 Å². The van der Waals surface area contributed by atoms with E-state index in [-0.39, 0.29) is 45.6 Å². The van der Waals surface area contributed by atoms with E-state index in [0.29, 0.717) is 30.6 Å². The summed E-state index contributed by atoms with van der Waals surface area (Å²) in [6.45, 7) is 2.67. The lowest BCUT2D eigenvalue weighted by molar-refractivity contribution is 0.112. The second kappa shape index (κ2) is 13.4. The number of hydrogen-bond acceptors (Lipinski definition) is 4. The molecule has 42 heavy (non-hydrogen) atoms. The quantitative estimate of drug-likeness (QED) is 0.194. The molecule has 0 atom stereocenters. The lowest BCUT2D eigenvalue weighted by Crippen LogP contribution is -2.23. The number of rotatable bonds is 6. The zero-order valence-corrected chi connectivity index (χ0v) is 23.3. The van der Waals surface area contributed by atoms with E-state index in [4.69, 9.17) is 23.2 Å². The molecule has 0 unspecified atom stereocenters. The predicted octanol–water partition coefficient (Wildman–Crippen LogP) is 6.52. The van der Waals surface area contributed by atoms with Gasteiger partial charge in [-0.25, -0.2) is 26.3 Å². The van der Waals surface area contributed by atoms with Crippen molar-refractivity contribution in [3.05, 3.63) is 113 Å². The molecule has 0 aliphatic heterocycles. The van der Waals surface area contributed by atoms with E-state index in [1.165, 1.54) is 0 Å². The maximum Gasteiger partial charge on any atom is 0.269 e. The zero-order valence-electron chi connectivity index (χ0n) is 21.8. The van der Waals surface area contributed by atoms with E-state index in [0.717, 1.165) is 21.3 Å². The van der Waals surface area contributed by atoms with Crippen LogP contribution in [0.2, 0.25) is 10.0 Å². The molecule has 0 aliphatic carbocycles. The van der Waals surface area contributed by atoms with E-state index in [1.54, 1.807) is 13.8 Å². The minimum atomic E-state index is -1.21. The molecule has 6 nitrogen and oxygen atoms in total. The minimum absolute atomic E-state index is 0.0336. The molecule has 2 aromatic heterocycles. The van der Waals surface area contributed by atoms with Gasteiger partial charge in [0.25, 0.3) is 11.1 Å². The van der Waals surface area contributed by atoms with Gasteiger partial charge in [-0.1, -0.05) is 23.2 Å². The van der Waals surface area contributed by atoms with Gasteiger partial charge in [-0.05, 0) is 26.0 Å². The Kier molecular flexibility index (Phi) is 10.4. The van der Waals surface area contributed by atoms with Crippen LogP contribution in [0.15, 0.2) is 46.0 Å². The molecule has 2 heterocycles. The van der Waals surface area contributed by atoms with Crippen molar-refractivity contribution in [2.45, 2.75) is 33.5 Å². The number of carbonyl (C=O) groups is 1. The molecular formula is C28H20Cl2F6N2O4. The van der Waals surface area contributed by atoms with Crippen LogP contribution < -0.4 is 11.1 Å². The fraction of sp³-hybridized carbons (Fsp3) is 0.179. The summed E-state index contributed by atoms with van der Waals surface area (Å²) in [6, 6.07) is 4.16. The first-order chi connectivity index (χ1) is 19.8. The molecule has 14 heteroatoms. The predicted molar refractivity (Wildman–Crippen MR) is 145 cm³/mol. The van der Waals surface area contributed by atoms with Gasteiger partial charge in [0.2, 0.25) is 0 Å². The van der Waals surface area contributed by atoms with Crippen LogP contribution in [0.25, 0.3) is 22.5 Å². The van der Waals surface area contributed by atoms with Crippen molar-refractivity contribution in [1.29, 1.82) is 0 Å². The SMILES string of the molecule is CCn1c(-c2c(F)cc(F)cc2F)c(C=O)cc(Cl)c1=O.CCn1c(-c2c(F)cc(F)cc2F)c(CO)cc(Cl)c1=O. The standard InChI is InChI=1S/C14H11ClF3NO2.C14H9ClF3NO2/c2*1-2-19-13(7(6-20)3-9(15)14(19)21)12-10(17)4-8(16)5-11(12)18/h3-5,20H,2,6H2,1H3;3-6H,2H2,1H3. The van der Waals surface area contributed by atoms with Gasteiger partial charge in [-0.3, -0.25) is 14.4 Å². The van der Waals surface area contributed by atoms with Gasteiger partial charge >= 0.3 is 0 Å². The largest absolute Gasteiger partial charge is 0.392 e. The third-order valence-corrected chi connectivity index (χ3v) is 6.56. The van der Waals surface area contributed by atoms with Crippen LogP contribution in [-0.4, -0.2) is 20.5 Å². The van der Waals surface area contributed by atoms with Crippen LogP contribution in [0, 0.1) is 34.9 Å². The first-order valence-electron chi connectivity index (χ1n) is 12.0. The molecule has 4 aromatic rings. The van der Waals surface area contributed by atoms with Crippen LogP contribution in [0.3, 0.4) is 0 Å².